The Morgan fingerprint density at radius 2 is 1.24 bits per heavy atom. The van der Waals surface area contributed by atoms with Gasteiger partial charge in [-0.15, -0.1) is 13.2 Å². The Kier molecular flexibility index (Phi) is 20.7. The maximum absolute atomic E-state index is 11.6. The zero-order valence-corrected chi connectivity index (χ0v) is 21.3. The second-order valence-electron chi connectivity index (χ2n) is 9.53. The third kappa shape index (κ3) is 22.9. The van der Waals surface area contributed by atoms with E-state index in [1.165, 1.54) is 6.08 Å². The van der Waals surface area contributed by atoms with Crippen molar-refractivity contribution in [2.45, 2.75) is 113 Å². The maximum Gasteiger partial charge on any atom is 0.408 e. The van der Waals surface area contributed by atoms with Crippen LogP contribution in [0.1, 0.15) is 77.2 Å². The van der Waals surface area contributed by atoms with Gasteiger partial charge in [-0.05, 0) is 62.3 Å². The molecule has 0 aromatic carbocycles. The van der Waals surface area contributed by atoms with Gasteiger partial charge in [0.05, 0.1) is 30.9 Å². The number of alkyl carbamates (subject to hydrolysis) is 2. The Labute approximate surface area is 208 Å². The van der Waals surface area contributed by atoms with Crippen LogP contribution in [0.15, 0.2) is 37.5 Å². The van der Waals surface area contributed by atoms with E-state index in [2.05, 4.69) is 30.4 Å². The molecule has 0 unspecified atom stereocenters. The number of ether oxygens (including phenoxy) is 3. The number of hydrogen-bond donors (Lipinski definition) is 3. The van der Waals surface area contributed by atoms with Gasteiger partial charge >= 0.3 is 12.2 Å². The molecule has 0 heterocycles. The van der Waals surface area contributed by atoms with Gasteiger partial charge in [0.25, 0.3) is 0 Å². The molecule has 0 aliphatic carbocycles. The van der Waals surface area contributed by atoms with Crippen LogP contribution in [-0.2, 0) is 14.2 Å². The lowest BCUT2D eigenvalue weighted by Crippen LogP contribution is -2.44. The number of nitrogens with one attached hydrogen (secondary N) is 2. The molecular weight excluding hydrogens is 436 g/mol. The van der Waals surface area contributed by atoms with Crippen LogP contribution < -0.4 is 10.6 Å². The van der Waals surface area contributed by atoms with E-state index in [9.17, 15) is 14.7 Å². The SMILES string of the molecule is C.C.C=C[C@@H](NC(=O)OC(C)(C)C)[C@@H](C)O.C=C[C@@H](NC(=O)OC(C)(C)C)[C@@H](C)OCC(=C)C. The molecule has 4 atom stereocenters. The highest BCUT2D eigenvalue weighted by molar-refractivity contribution is 5.68. The molecule has 3 N–H and O–H groups in total. The molecule has 0 spiro atoms. The lowest BCUT2D eigenvalue weighted by molar-refractivity contribution is 0.0357. The summed E-state index contributed by atoms with van der Waals surface area (Å²) in [6.45, 7) is 27.5. The first-order chi connectivity index (χ1) is 14.4. The number of hydrogen-bond acceptors (Lipinski definition) is 6. The van der Waals surface area contributed by atoms with Gasteiger partial charge in [0.1, 0.15) is 11.2 Å². The highest BCUT2D eigenvalue weighted by Gasteiger charge is 2.22. The summed E-state index contributed by atoms with van der Waals surface area (Å²) in [4.78, 5) is 22.9. The van der Waals surface area contributed by atoms with Crippen LogP contribution in [-0.4, -0.2) is 59.4 Å². The van der Waals surface area contributed by atoms with Crippen molar-refractivity contribution in [3.8, 4) is 0 Å². The number of aliphatic hydroxyl groups is 1. The molecule has 0 saturated heterocycles. The van der Waals surface area contributed by atoms with Gasteiger partial charge in [-0.2, -0.15) is 0 Å². The molecule has 202 valence electrons. The van der Waals surface area contributed by atoms with E-state index in [1.54, 1.807) is 33.8 Å². The largest absolute Gasteiger partial charge is 0.444 e. The van der Waals surface area contributed by atoms with E-state index >= 15 is 0 Å². The Morgan fingerprint density at radius 1 is 0.882 bits per heavy atom. The second kappa shape index (κ2) is 18.1. The highest BCUT2D eigenvalue weighted by Crippen LogP contribution is 2.09. The molecule has 0 radical (unpaired) electrons. The first-order valence-corrected chi connectivity index (χ1v) is 10.6. The second-order valence-corrected chi connectivity index (χ2v) is 9.53. The lowest BCUT2D eigenvalue weighted by Gasteiger charge is -2.25. The van der Waals surface area contributed by atoms with Crippen LogP contribution in [0.25, 0.3) is 0 Å². The number of aliphatic hydroxyl groups excluding tert-OH is 1. The minimum atomic E-state index is -0.681. The molecule has 8 heteroatoms. The van der Waals surface area contributed by atoms with E-state index in [0.717, 1.165) is 5.57 Å². The van der Waals surface area contributed by atoms with Crippen molar-refractivity contribution in [2.24, 2.45) is 0 Å². The molecule has 2 amide bonds. The Morgan fingerprint density at radius 3 is 1.50 bits per heavy atom. The number of carbonyl (C=O) groups is 2. The zero-order chi connectivity index (χ0) is 25.7. The summed E-state index contributed by atoms with van der Waals surface area (Å²) in [7, 11) is 0. The van der Waals surface area contributed by atoms with E-state index in [-0.39, 0.29) is 27.0 Å². The monoisotopic (exact) mass is 488 g/mol. The van der Waals surface area contributed by atoms with Gasteiger partial charge in [0.2, 0.25) is 0 Å². The van der Waals surface area contributed by atoms with Crippen LogP contribution in [0.5, 0.6) is 0 Å². The van der Waals surface area contributed by atoms with Gasteiger partial charge in [-0.1, -0.05) is 39.2 Å². The van der Waals surface area contributed by atoms with Crippen molar-refractivity contribution in [3.63, 3.8) is 0 Å². The van der Waals surface area contributed by atoms with Gasteiger partial charge < -0.3 is 30.0 Å². The fourth-order valence-electron chi connectivity index (χ4n) is 2.01. The van der Waals surface area contributed by atoms with Gasteiger partial charge in [-0.3, -0.25) is 0 Å². The normalized spacial score (nSPS) is 14.1. The number of amides is 2. The van der Waals surface area contributed by atoms with Crippen LogP contribution in [0, 0.1) is 0 Å². The summed E-state index contributed by atoms with van der Waals surface area (Å²) in [5.41, 5.74) is -0.117. The van der Waals surface area contributed by atoms with Gasteiger partial charge in [0.15, 0.2) is 0 Å². The van der Waals surface area contributed by atoms with E-state index in [0.29, 0.717) is 6.61 Å². The Hall–Kier alpha value is -2.32. The van der Waals surface area contributed by atoms with Crippen LogP contribution in [0.4, 0.5) is 9.59 Å². The lowest BCUT2D eigenvalue weighted by atomic mass is 10.2. The average molecular weight is 489 g/mol. The summed E-state index contributed by atoms with van der Waals surface area (Å²) in [5, 5.41) is 14.4. The molecule has 0 aromatic rings. The smallest absolute Gasteiger partial charge is 0.408 e. The molecule has 0 bridgehead atoms. The van der Waals surface area contributed by atoms with Crippen molar-refractivity contribution >= 4 is 12.2 Å². The first kappa shape index (κ1) is 38.9. The fourth-order valence-corrected chi connectivity index (χ4v) is 2.01. The molecule has 0 aliphatic rings. The summed E-state index contributed by atoms with van der Waals surface area (Å²) in [6, 6.07) is -0.774. The summed E-state index contributed by atoms with van der Waals surface area (Å²) in [5.74, 6) is 0. The number of rotatable bonds is 9. The van der Waals surface area contributed by atoms with Crippen molar-refractivity contribution in [2.75, 3.05) is 6.61 Å². The third-order valence-corrected chi connectivity index (χ3v) is 3.49. The molecule has 0 aromatic heterocycles. The molecule has 0 fully saturated rings. The topological polar surface area (TPSA) is 106 Å². The minimum Gasteiger partial charge on any atom is -0.444 e. The minimum absolute atomic E-state index is 0. The van der Waals surface area contributed by atoms with Gasteiger partial charge in [-0.25, -0.2) is 9.59 Å². The van der Waals surface area contributed by atoms with Crippen molar-refractivity contribution in [1.82, 2.24) is 10.6 Å². The van der Waals surface area contributed by atoms with Gasteiger partial charge in [0, 0.05) is 0 Å². The van der Waals surface area contributed by atoms with Crippen molar-refractivity contribution in [1.29, 1.82) is 0 Å². The molecule has 0 rings (SSSR count). The fraction of sp³-hybridized carbons (Fsp3) is 0.692. The predicted molar refractivity (Wildman–Crippen MR) is 142 cm³/mol. The molecular formula is C26H52N2O6. The summed E-state index contributed by atoms with van der Waals surface area (Å²) < 4.78 is 15.7. The molecule has 0 aliphatic heterocycles. The maximum atomic E-state index is 11.6. The highest BCUT2D eigenvalue weighted by atomic mass is 16.6. The van der Waals surface area contributed by atoms with Crippen LogP contribution in [0.2, 0.25) is 0 Å². The van der Waals surface area contributed by atoms with Crippen molar-refractivity contribution < 1.29 is 28.9 Å². The average Bonchev–Trinajstić information content (AvgIpc) is 2.59. The van der Waals surface area contributed by atoms with Crippen molar-refractivity contribution in [3.05, 3.63) is 37.5 Å². The number of carbonyl (C=O) groups excluding carboxylic acids is 2. The molecule has 0 saturated carbocycles. The van der Waals surface area contributed by atoms with Crippen LogP contribution >= 0.6 is 0 Å². The van der Waals surface area contributed by atoms with E-state index < -0.39 is 35.5 Å². The summed E-state index contributed by atoms with van der Waals surface area (Å²) >= 11 is 0. The Bertz CT molecular complexity index is 618. The Balaban J connectivity index is -0.000000257. The molecule has 34 heavy (non-hydrogen) atoms. The van der Waals surface area contributed by atoms with E-state index in [1.807, 2.05) is 34.6 Å². The summed E-state index contributed by atoms with van der Waals surface area (Å²) in [6.07, 6.45) is 1.20. The predicted octanol–water partition coefficient (Wildman–Crippen LogP) is 5.77. The van der Waals surface area contributed by atoms with Crippen LogP contribution in [0.3, 0.4) is 0 Å². The quantitative estimate of drug-likeness (QED) is 0.356. The first-order valence-electron chi connectivity index (χ1n) is 10.6. The third-order valence-electron chi connectivity index (χ3n) is 3.49. The van der Waals surface area contributed by atoms with E-state index in [4.69, 9.17) is 14.2 Å². The zero-order valence-electron chi connectivity index (χ0n) is 21.3. The standard InChI is InChI=1S/C14H25NO3.C10H19NO3.2CH4/c1-8-12(11(4)17-9-10(2)3)15-13(16)18-14(5,6)7;1-6-8(7(2)12)11-9(13)14-10(3,4)5;;/h8,11-12H,1-2,9H2,3-7H3,(H,15,16);6-8,12H,1H2,2-5H3,(H,11,13);2*1H4/t11-,12-;7-,8-;;/m11../s1. The molecule has 8 nitrogen and oxygen atoms in total.